The van der Waals surface area contributed by atoms with Crippen LogP contribution in [0.15, 0.2) is 24.5 Å². The zero-order chi connectivity index (χ0) is 13.6. The van der Waals surface area contributed by atoms with Crippen LogP contribution in [0.25, 0.3) is 0 Å². The molecule has 0 amide bonds. The van der Waals surface area contributed by atoms with Crippen molar-refractivity contribution in [2.75, 3.05) is 6.61 Å². The van der Waals surface area contributed by atoms with Gasteiger partial charge in [-0.3, -0.25) is 4.98 Å². The highest BCUT2D eigenvalue weighted by Crippen LogP contribution is 2.36. The van der Waals surface area contributed by atoms with Gasteiger partial charge in [0.15, 0.2) is 8.32 Å². The minimum Gasteiger partial charge on any atom is -0.406 e. The van der Waals surface area contributed by atoms with Gasteiger partial charge < -0.3 is 4.43 Å². The molecule has 0 bridgehead atoms. The first kappa shape index (κ1) is 14.9. The Hall–Kier alpha value is -1.11. The number of pyridine rings is 1. The van der Waals surface area contributed by atoms with E-state index in [4.69, 9.17) is 4.43 Å². The van der Waals surface area contributed by atoms with Crippen molar-refractivity contribution in [1.82, 2.24) is 4.98 Å². The first-order chi connectivity index (χ1) is 8.33. The van der Waals surface area contributed by atoms with Crippen molar-refractivity contribution in [2.24, 2.45) is 0 Å². The van der Waals surface area contributed by atoms with Gasteiger partial charge in [-0.1, -0.05) is 38.7 Å². The lowest BCUT2D eigenvalue weighted by molar-refractivity contribution is 0.334. The average Bonchev–Trinajstić information content (AvgIpc) is 2.28. The number of rotatable bonds is 3. The average molecular weight is 261 g/mol. The molecule has 1 heterocycles. The summed E-state index contributed by atoms with van der Waals surface area (Å²) in [5.74, 6) is 6.23. The van der Waals surface area contributed by atoms with Crippen LogP contribution >= 0.6 is 0 Å². The fourth-order valence-electron chi connectivity index (χ4n) is 1.15. The van der Waals surface area contributed by atoms with Crippen molar-refractivity contribution < 1.29 is 4.43 Å². The summed E-state index contributed by atoms with van der Waals surface area (Å²) in [5.41, 5.74) is 1.15. The maximum absolute atomic E-state index is 5.98. The molecule has 1 aromatic rings. The van der Waals surface area contributed by atoms with Crippen LogP contribution in [0.1, 0.15) is 26.3 Å². The van der Waals surface area contributed by atoms with Gasteiger partial charge in [0, 0.05) is 18.8 Å². The molecule has 0 aliphatic rings. The molecule has 0 spiro atoms. The molecule has 0 fully saturated rings. The van der Waals surface area contributed by atoms with E-state index in [2.05, 4.69) is 50.7 Å². The Kier molecular flexibility index (Phi) is 5.12. The normalized spacial score (nSPS) is 11.8. The van der Waals surface area contributed by atoms with E-state index in [-0.39, 0.29) is 5.04 Å². The van der Waals surface area contributed by atoms with Crippen LogP contribution in [0.2, 0.25) is 18.1 Å². The van der Waals surface area contributed by atoms with Gasteiger partial charge in [0.05, 0.1) is 6.61 Å². The summed E-state index contributed by atoms with van der Waals surface area (Å²) >= 11 is 0. The van der Waals surface area contributed by atoms with E-state index in [1.807, 2.05) is 18.3 Å². The van der Waals surface area contributed by atoms with E-state index in [0.29, 0.717) is 6.61 Å². The summed E-state index contributed by atoms with van der Waals surface area (Å²) < 4.78 is 5.98. The minimum absolute atomic E-state index is 0.248. The number of hydrogen-bond acceptors (Lipinski definition) is 2. The monoisotopic (exact) mass is 261 g/mol. The molecule has 1 aromatic heterocycles. The van der Waals surface area contributed by atoms with E-state index in [1.165, 1.54) is 0 Å². The van der Waals surface area contributed by atoms with E-state index < -0.39 is 8.32 Å². The lowest BCUT2D eigenvalue weighted by atomic mass is 10.2. The highest BCUT2D eigenvalue weighted by Gasteiger charge is 2.36. The Morgan fingerprint density at radius 3 is 2.56 bits per heavy atom. The summed E-state index contributed by atoms with van der Waals surface area (Å²) in [6.45, 7) is 11.7. The zero-order valence-electron chi connectivity index (χ0n) is 12.1. The molecule has 0 radical (unpaired) electrons. The molecule has 98 valence electrons. The van der Waals surface area contributed by atoms with Gasteiger partial charge in [-0.2, -0.15) is 0 Å². The van der Waals surface area contributed by atoms with Crippen molar-refractivity contribution in [2.45, 2.75) is 45.3 Å². The third-order valence-corrected chi connectivity index (χ3v) is 7.93. The van der Waals surface area contributed by atoms with Gasteiger partial charge in [-0.05, 0) is 29.8 Å². The molecule has 0 atom stereocenters. The summed E-state index contributed by atoms with van der Waals surface area (Å²) in [7, 11) is -1.65. The van der Waals surface area contributed by atoms with Gasteiger partial charge in [-0.15, -0.1) is 0 Å². The fourth-order valence-corrected chi connectivity index (χ4v) is 2.02. The van der Waals surface area contributed by atoms with Crippen molar-refractivity contribution in [3.63, 3.8) is 0 Å². The molecule has 0 aliphatic heterocycles. The maximum atomic E-state index is 5.98. The van der Waals surface area contributed by atoms with Crippen LogP contribution in [-0.2, 0) is 10.8 Å². The van der Waals surface area contributed by atoms with Crippen molar-refractivity contribution in [3.8, 4) is 11.8 Å². The zero-order valence-corrected chi connectivity index (χ0v) is 13.1. The molecular formula is C15H23NOSi. The minimum atomic E-state index is -1.65. The van der Waals surface area contributed by atoms with Crippen molar-refractivity contribution in [1.29, 1.82) is 0 Å². The van der Waals surface area contributed by atoms with Crippen molar-refractivity contribution in [3.05, 3.63) is 30.1 Å². The van der Waals surface area contributed by atoms with E-state index in [0.717, 1.165) is 12.0 Å². The Morgan fingerprint density at radius 1 is 1.28 bits per heavy atom. The van der Waals surface area contributed by atoms with Gasteiger partial charge in [-0.25, -0.2) is 0 Å². The lowest BCUT2D eigenvalue weighted by Gasteiger charge is -2.35. The van der Waals surface area contributed by atoms with Crippen LogP contribution in [0.3, 0.4) is 0 Å². The van der Waals surface area contributed by atoms with E-state index in [1.54, 1.807) is 6.20 Å². The second-order valence-electron chi connectivity index (χ2n) is 5.94. The Bertz CT molecular complexity index is 423. The van der Waals surface area contributed by atoms with Gasteiger partial charge in [0.25, 0.3) is 0 Å². The molecule has 2 nitrogen and oxygen atoms in total. The summed E-state index contributed by atoms with van der Waals surface area (Å²) in [5, 5.41) is 0.248. The first-order valence-corrected chi connectivity index (χ1v) is 9.22. The molecular weight excluding hydrogens is 238 g/mol. The van der Waals surface area contributed by atoms with Crippen LogP contribution in [0, 0.1) is 11.8 Å². The number of nitrogens with zero attached hydrogens (tertiary/aromatic N) is 1. The van der Waals surface area contributed by atoms with E-state index in [9.17, 15) is 0 Å². The predicted octanol–water partition coefficient (Wildman–Crippen LogP) is 3.65. The topological polar surface area (TPSA) is 22.1 Å². The molecule has 18 heavy (non-hydrogen) atoms. The van der Waals surface area contributed by atoms with Crippen molar-refractivity contribution >= 4 is 8.32 Å². The largest absolute Gasteiger partial charge is 0.406 e. The number of aromatic nitrogens is 1. The molecule has 0 aromatic carbocycles. The van der Waals surface area contributed by atoms with Crippen LogP contribution in [0.5, 0.6) is 0 Å². The maximum Gasteiger partial charge on any atom is 0.193 e. The molecule has 0 N–H and O–H groups in total. The molecule has 1 rings (SSSR count). The van der Waals surface area contributed by atoms with Gasteiger partial charge in [0.2, 0.25) is 0 Å². The predicted molar refractivity (Wildman–Crippen MR) is 78.9 cm³/mol. The third-order valence-electron chi connectivity index (χ3n) is 3.45. The van der Waals surface area contributed by atoms with Gasteiger partial charge in [0.1, 0.15) is 0 Å². The third kappa shape index (κ3) is 4.64. The summed E-state index contributed by atoms with van der Waals surface area (Å²) in [6, 6.07) is 3.97. The van der Waals surface area contributed by atoms with Crippen LogP contribution in [0.4, 0.5) is 0 Å². The van der Waals surface area contributed by atoms with Gasteiger partial charge >= 0.3 is 0 Å². The van der Waals surface area contributed by atoms with Crippen LogP contribution < -0.4 is 0 Å². The quantitative estimate of drug-likeness (QED) is 0.612. The SMILES string of the molecule is CC(C)(C)[Si](C)(C)OCC#CCc1cccnc1. The second-order valence-corrected chi connectivity index (χ2v) is 10.7. The van der Waals surface area contributed by atoms with E-state index >= 15 is 0 Å². The summed E-state index contributed by atoms with van der Waals surface area (Å²) in [6.07, 6.45) is 4.37. The molecule has 0 aliphatic carbocycles. The lowest BCUT2D eigenvalue weighted by Crippen LogP contribution is -2.40. The standard InChI is InChI=1S/C15H23NOSi/c1-15(2,3)18(4,5)17-12-7-6-9-14-10-8-11-16-13-14/h8,10-11,13H,9,12H2,1-5H3. The number of hydrogen-bond donors (Lipinski definition) is 0. The fraction of sp³-hybridized carbons (Fsp3) is 0.533. The highest BCUT2D eigenvalue weighted by molar-refractivity contribution is 6.74. The smallest absolute Gasteiger partial charge is 0.193 e. The second kappa shape index (κ2) is 6.17. The van der Waals surface area contributed by atoms with Crippen LogP contribution in [-0.4, -0.2) is 19.9 Å². The Labute approximate surface area is 112 Å². The molecule has 0 unspecified atom stereocenters. The summed E-state index contributed by atoms with van der Waals surface area (Å²) in [4.78, 5) is 4.06. The molecule has 0 saturated carbocycles. The molecule has 3 heteroatoms. The first-order valence-electron chi connectivity index (χ1n) is 6.31. The Balaban J connectivity index is 2.40. The highest BCUT2D eigenvalue weighted by atomic mass is 28.4. The molecule has 0 saturated heterocycles. The Morgan fingerprint density at radius 2 is 2.00 bits per heavy atom.